The van der Waals surface area contributed by atoms with Gasteiger partial charge in [-0.2, -0.15) is 0 Å². The second-order valence-electron chi connectivity index (χ2n) is 5.55. The summed E-state index contributed by atoms with van der Waals surface area (Å²) in [5, 5.41) is 0. The van der Waals surface area contributed by atoms with Gasteiger partial charge in [0.1, 0.15) is 0 Å². The summed E-state index contributed by atoms with van der Waals surface area (Å²) in [5.74, 6) is 0.0249. The van der Waals surface area contributed by atoms with Crippen molar-refractivity contribution in [1.29, 1.82) is 0 Å². The lowest BCUT2D eigenvalue weighted by Crippen LogP contribution is -2.22. The molecule has 0 atom stereocenters. The molecule has 0 N–H and O–H groups in total. The van der Waals surface area contributed by atoms with Crippen LogP contribution in [-0.2, 0) is 0 Å². The summed E-state index contributed by atoms with van der Waals surface area (Å²) in [6.07, 6.45) is 0. The van der Waals surface area contributed by atoms with Crippen molar-refractivity contribution in [2.75, 3.05) is 4.90 Å². The Kier molecular flexibility index (Phi) is 3.94. The second kappa shape index (κ2) is 6.24. The second-order valence-corrected chi connectivity index (χ2v) is 6.63. The number of rotatable bonds is 2. The van der Waals surface area contributed by atoms with E-state index in [-0.39, 0.29) is 5.91 Å². The third-order valence-electron chi connectivity index (χ3n) is 4.09. The summed E-state index contributed by atoms with van der Waals surface area (Å²) < 4.78 is 1.07. The molecule has 1 amide bonds. The quantitative estimate of drug-likeness (QED) is 0.491. The zero-order valence-electron chi connectivity index (χ0n) is 12.8. The lowest BCUT2D eigenvalue weighted by molar-refractivity contribution is 0.101. The number of nitrogens with zero attached hydrogens (tertiary/aromatic N) is 1. The SMILES string of the molecule is O=C1c2ccccc2/C(=C(\I)c2ccccc2)N1c1ccccc1. The van der Waals surface area contributed by atoms with Gasteiger partial charge in [-0.1, -0.05) is 66.7 Å². The summed E-state index contributed by atoms with van der Waals surface area (Å²) in [6, 6.07) is 27.8. The van der Waals surface area contributed by atoms with Gasteiger partial charge in [-0.05, 0) is 46.4 Å². The van der Waals surface area contributed by atoms with Crippen molar-refractivity contribution in [1.82, 2.24) is 0 Å². The topological polar surface area (TPSA) is 20.3 Å². The van der Waals surface area contributed by atoms with Crippen LogP contribution in [0.2, 0.25) is 0 Å². The molecule has 0 fully saturated rings. The predicted octanol–water partition coefficient (Wildman–Crippen LogP) is 5.61. The normalized spacial score (nSPS) is 15.4. The van der Waals surface area contributed by atoms with E-state index in [0.29, 0.717) is 0 Å². The van der Waals surface area contributed by atoms with Crippen molar-refractivity contribution in [2.45, 2.75) is 0 Å². The van der Waals surface area contributed by atoms with Crippen LogP contribution in [0.5, 0.6) is 0 Å². The van der Waals surface area contributed by atoms with Crippen molar-refractivity contribution in [3.63, 3.8) is 0 Å². The van der Waals surface area contributed by atoms with E-state index in [0.717, 1.165) is 31.7 Å². The van der Waals surface area contributed by atoms with E-state index < -0.39 is 0 Å². The molecular weight excluding hydrogens is 409 g/mol. The Morgan fingerprint density at radius 2 is 1.25 bits per heavy atom. The smallest absolute Gasteiger partial charge is 0.263 e. The fraction of sp³-hybridized carbons (Fsp3) is 0. The van der Waals surface area contributed by atoms with Gasteiger partial charge in [-0.3, -0.25) is 9.69 Å². The number of benzene rings is 3. The zero-order chi connectivity index (χ0) is 16.5. The Morgan fingerprint density at radius 3 is 1.92 bits per heavy atom. The van der Waals surface area contributed by atoms with Crippen LogP contribution < -0.4 is 4.90 Å². The molecule has 1 heterocycles. The molecule has 2 nitrogen and oxygen atoms in total. The molecule has 0 saturated carbocycles. The average Bonchev–Trinajstić information content (AvgIpc) is 2.95. The molecule has 0 aliphatic carbocycles. The van der Waals surface area contributed by atoms with Gasteiger partial charge in [0.05, 0.1) is 5.70 Å². The minimum atomic E-state index is 0.0249. The van der Waals surface area contributed by atoms with Crippen LogP contribution in [0.25, 0.3) is 9.28 Å². The Labute approximate surface area is 154 Å². The lowest BCUT2D eigenvalue weighted by Gasteiger charge is -2.20. The molecule has 0 aromatic heterocycles. The molecule has 0 saturated heterocycles. The van der Waals surface area contributed by atoms with Gasteiger partial charge in [0, 0.05) is 20.4 Å². The highest BCUT2D eigenvalue weighted by atomic mass is 127. The monoisotopic (exact) mass is 423 g/mol. The van der Waals surface area contributed by atoms with E-state index in [1.54, 1.807) is 0 Å². The fourth-order valence-electron chi connectivity index (χ4n) is 2.98. The number of carbonyl (C=O) groups excluding carboxylic acids is 1. The molecule has 3 aromatic carbocycles. The molecule has 3 heteroatoms. The van der Waals surface area contributed by atoms with Crippen molar-refractivity contribution < 1.29 is 4.79 Å². The van der Waals surface area contributed by atoms with Crippen LogP contribution in [-0.4, -0.2) is 5.91 Å². The number of hydrogen-bond acceptors (Lipinski definition) is 1. The molecule has 0 unspecified atom stereocenters. The predicted molar refractivity (Wildman–Crippen MR) is 107 cm³/mol. The maximum absolute atomic E-state index is 13.0. The highest BCUT2D eigenvalue weighted by Crippen LogP contribution is 2.43. The molecule has 4 rings (SSSR count). The van der Waals surface area contributed by atoms with Gasteiger partial charge >= 0.3 is 0 Å². The van der Waals surface area contributed by atoms with Crippen LogP contribution >= 0.6 is 22.6 Å². The molecule has 1 aliphatic heterocycles. The number of fused-ring (bicyclic) bond motifs is 1. The Hall–Kier alpha value is -2.40. The van der Waals surface area contributed by atoms with E-state index >= 15 is 0 Å². The van der Waals surface area contributed by atoms with Crippen molar-refractivity contribution in [3.8, 4) is 0 Å². The Balaban J connectivity index is 1.99. The summed E-state index contributed by atoms with van der Waals surface area (Å²) in [6.45, 7) is 0. The molecule has 116 valence electrons. The minimum Gasteiger partial charge on any atom is -0.275 e. The standard InChI is InChI=1S/C21H14INO/c22-19(15-9-3-1-4-10-15)20-17-13-7-8-14-18(17)21(24)23(20)16-11-5-2-6-12-16/h1-14H/b20-19+. The van der Waals surface area contributed by atoms with E-state index in [2.05, 4.69) is 34.7 Å². The summed E-state index contributed by atoms with van der Waals surface area (Å²) >= 11 is 2.34. The number of carbonyl (C=O) groups is 1. The maximum Gasteiger partial charge on any atom is 0.263 e. The van der Waals surface area contributed by atoms with Crippen molar-refractivity contribution >= 4 is 43.5 Å². The summed E-state index contributed by atoms with van der Waals surface area (Å²) in [7, 11) is 0. The van der Waals surface area contributed by atoms with Gasteiger partial charge in [-0.15, -0.1) is 0 Å². The maximum atomic E-state index is 13.0. The fourth-order valence-corrected chi connectivity index (χ4v) is 3.87. The first-order chi connectivity index (χ1) is 11.8. The molecule has 0 bridgehead atoms. The number of amides is 1. The number of para-hydroxylation sites is 1. The summed E-state index contributed by atoms with van der Waals surface area (Å²) in [5.41, 5.74) is 4.69. The van der Waals surface area contributed by atoms with E-state index in [9.17, 15) is 4.79 Å². The highest BCUT2D eigenvalue weighted by Gasteiger charge is 2.34. The van der Waals surface area contributed by atoms with E-state index in [1.807, 2.05) is 77.7 Å². The molecule has 24 heavy (non-hydrogen) atoms. The average molecular weight is 423 g/mol. The zero-order valence-corrected chi connectivity index (χ0v) is 15.0. The molecule has 0 radical (unpaired) electrons. The van der Waals surface area contributed by atoms with Gasteiger partial charge < -0.3 is 0 Å². The largest absolute Gasteiger partial charge is 0.275 e. The first kappa shape index (κ1) is 15.1. The lowest BCUT2D eigenvalue weighted by atomic mass is 10.1. The first-order valence-corrected chi connectivity index (χ1v) is 8.79. The van der Waals surface area contributed by atoms with E-state index in [1.165, 1.54) is 0 Å². The van der Waals surface area contributed by atoms with Crippen LogP contribution in [0, 0.1) is 0 Å². The van der Waals surface area contributed by atoms with E-state index in [4.69, 9.17) is 0 Å². The molecule has 0 spiro atoms. The van der Waals surface area contributed by atoms with Crippen LogP contribution in [0.4, 0.5) is 5.69 Å². The van der Waals surface area contributed by atoms with Crippen LogP contribution in [0.15, 0.2) is 84.9 Å². The first-order valence-electron chi connectivity index (χ1n) is 7.71. The van der Waals surface area contributed by atoms with Crippen molar-refractivity contribution in [3.05, 3.63) is 102 Å². The molecule has 3 aromatic rings. The number of halogens is 1. The minimum absolute atomic E-state index is 0.0249. The molecular formula is C21H14INO. The summed E-state index contributed by atoms with van der Waals surface area (Å²) in [4.78, 5) is 14.9. The third kappa shape index (κ3) is 2.45. The van der Waals surface area contributed by atoms with Crippen LogP contribution in [0.3, 0.4) is 0 Å². The van der Waals surface area contributed by atoms with Gasteiger partial charge in [0.15, 0.2) is 0 Å². The van der Waals surface area contributed by atoms with Gasteiger partial charge in [-0.25, -0.2) is 0 Å². The van der Waals surface area contributed by atoms with Gasteiger partial charge in [0.25, 0.3) is 5.91 Å². The number of anilines is 1. The van der Waals surface area contributed by atoms with Gasteiger partial charge in [0.2, 0.25) is 0 Å². The Morgan fingerprint density at radius 1 is 0.708 bits per heavy atom. The highest BCUT2D eigenvalue weighted by molar-refractivity contribution is 14.1. The Bertz CT molecular complexity index is 932. The third-order valence-corrected chi connectivity index (χ3v) is 5.22. The van der Waals surface area contributed by atoms with Crippen LogP contribution in [0.1, 0.15) is 21.5 Å². The number of hydrogen-bond donors (Lipinski definition) is 0. The van der Waals surface area contributed by atoms with Crippen molar-refractivity contribution in [2.24, 2.45) is 0 Å². The molecule has 1 aliphatic rings.